The Morgan fingerprint density at radius 3 is 1.16 bits per heavy atom. The molecular formula is C89H91N5O20S2. The zero-order valence-electron chi connectivity index (χ0n) is 64.9. The summed E-state index contributed by atoms with van der Waals surface area (Å²) < 4.78 is 48.9. The Labute approximate surface area is 673 Å². The number of oxime groups is 1. The van der Waals surface area contributed by atoms with Gasteiger partial charge in [-0.05, 0) is 143 Å². The fourth-order valence-corrected chi connectivity index (χ4v) is 12.3. The number of carbonyl (C=O) groups excluding carboxylic acids is 5. The fraction of sp³-hybridized carbons (Fsp3) is 0.202. The molecule has 116 heavy (non-hydrogen) atoms. The lowest BCUT2D eigenvalue weighted by Crippen LogP contribution is -2.24. The predicted molar refractivity (Wildman–Crippen MR) is 443 cm³/mol. The molecule has 10 rings (SSSR count). The van der Waals surface area contributed by atoms with Crippen LogP contribution in [0.1, 0.15) is 193 Å². The number of aromatic carboxylic acids is 5. The summed E-state index contributed by atoms with van der Waals surface area (Å²) in [5, 5.41) is 52.4. The van der Waals surface area contributed by atoms with Crippen LogP contribution >= 0.6 is 0 Å². The summed E-state index contributed by atoms with van der Waals surface area (Å²) in [7, 11) is -3.64. The number of sulfonamides is 2. The summed E-state index contributed by atoms with van der Waals surface area (Å²) in [6, 6.07) is 67.6. The average Bonchev–Trinajstić information content (AvgIpc) is 0.850. The molecule has 10 aromatic rings. The van der Waals surface area contributed by atoms with Gasteiger partial charge in [0.2, 0.25) is 20.0 Å². The molecule has 0 aromatic heterocycles. The maximum atomic E-state index is 12.5. The molecule has 0 fully saturated rings. The van der Waals surface area contributed by atoms with Crippen LogP contribution in [0, 0.1) is 0 Å². The predicted octanol–water partition coefficient (Wildman–Crippen LogP) is 14.1. The fourth-order valence-electron chi connectivity index (χ4n) is 11.5. The number of amides is 1. The number of rotatable bonds is 32. The lowest BCUT2D eigenvalue weighted by molar-refractivity contribution is 0.0683. The first kappa shape index (κ1) is 91.8. The van der Waals surface area contributed by atoms with Crippen LogP contribution < -0.4 is 15.8 Å². The van der Waals surface area contributed by atoms with Crippen molar-refractivity contribution in [1.29, 1.82) is 0 Å². The van der Waals surface area contributed by atoms with E-state index in [1.165, 1.54) is 78.6 Å². The number of hydrogen-bond donors (Lipinski definition) is 8. The minimum Gasteiger partial charge on any atom is -0.478 e. The van der Waals surface area contributed by atoms with E-state index in [9.17, 15) is 75.0 Å². The Morgan fingerprint density at radius 2 is 0.784 bits per heavy atom. The number of aryl methyl sites for hydroxylation is 1. The van der Waals surface area contributed by atoms with Gasteiger partial charge < -0.3 is 41.4 Å². The van der Waals surface area contributed by atoms with Crippen LogP contribution in [0.25, 0.3) is 0 Å². The molecule has 0 spiro atoms. The summed E-state index contributed by atoms with van der Waals surface area (Å²) in [5.41, 5.74) is 15.5. The highest BCUT2D eigenvalue weighted by Crippen LogP contribution is 2.23. The number of nitrogens with two attached hydrogens (primary N) is 1. The van der Waals surface area contributed by atoms with E-state index in [1.54, 1.807) is 127 Å². The third-order valence-electron chi connectivity index (χ3n) is 17.8. The second-order valence-corrected chi connectivity index (χ2v) is 30.5. The number of carboxylic acid groups (broad SMARTS) is 5. The molecule has 1 atom stereocenters. The van der Waals surface area contributed by atoms with Gasteiger partial charge in [-0.15, -0.1) is 0 Å². The van der Waals surface area contributed by atoms with E-state index >= 15 is 0 Å². The first-order valence-electron chi connectivity index (χ1n) is 36.2. The number of hydrogen-bond acceptors (Lipinski definition) is 17. The minimum atomic E-state index is -3.30. The van der Waals surface area contributed by atoms with E-state index in [2.05, 4.69) is 29.0 Å². The van der Waals surface area contributed by atoms with Gasteiger partial charge in [0.1, 0.15) is 7.11 Å². The van der Waals surface area contributed by atoms with Crippen molar-refractivity contribution in [2.24, 2.45) is 10.9 Å². The molecule has 0 heterocycles. The van der Waals surface area contributed by atoms with Crippen molar-refractivity contribution in [3.05, 3.63) is 348 Å². The third kappa shape index (κ3) is 29.5. The highest BCUT2D eigenvalue weighted by molar-refractivity contribution is 7.88. The van der Waals surface area contributed by atoms with Gasteiger partial charge in [-0.3, -0.25) is 24.0 Å². The lowest BCUT2D eigenvalue weighted by atomic mass is 9.95. The number of benzene rings is 10. The highest BCUT2D eigenvalue weighted by atomic mass is 32.2. The molecule has 0 aliphatic rings. The molecule has 25 nitrogen and oxygen atoms in total. The number of carboxylic acids is 5. The summed E-state index contributed by atoms with van der Waals surface area (Å²) in [5.74, 6) is -6.55. The average molecular weight is 1610 g/mol. The third-order valence-corrected chi connectivity index (χ3v) is 19.7. The summed E-state index contributed by atoms with van der Waals surface area (Å²) >= 11 is 0. The number of carbonyl (C=O) groups is 10. The summed E-state index contributed by atoms with van der Waals surface area (Å²) in [6.07, 6.45) is 5.50. The van der Waals surface area contributed by atoms with Crippen LogP contribution in [0.3, 0.4) is 0 Å². The van der Waals surface area contributed by atoms with Crippen molar-refractivity contribution in [2.45, 2.75) is 84.7 Å². The van der Waals surface area contributed by atoms with Gasteiger partial charge in [0.05, 0.1) is 51.6 Å². The van der Waals surface area contributed by atoms with E-state index in [-0.39, 0.29) is 118 Å². The molecule has 0 aliphatic carbocycles. The topological polar surface area (TPSA) is 415 Å². The number of Topliss-reactive ketones (excluding diaryl/α,β-unsaturated/α-hetero) is 4. The van der Waals surface area contributed by atoms with E-state index in [0.717, 1.165) is 65.2 Å². The van der Waals surface area contributed by atoms with E-state index < -0.39 is 55.8 Å². The Balaban J connectivity index is 0.000000226. The van der Waals surface area contributed by atoms with E-state index in [4.69, 9.17) is 25.9 Å². The minimum absolute atomic E-state index is 0.0143. The first-order valence-corrected chi connectivity index (χ1v) is 40.0. The van der Waals surface area contributed by atoms with Gasteiger partial charge in [-0.1, -0.05) is 207 Å². The summed E-state index contributed by atoms with van der Waals surface area (Å²) in [4.78, 5) is 123. The molecule has 0 radical (unpaired) electrons. The number of nitrogens with zero attached hydrogens (tertiary/aromatic N) is 2. The zero-order chi connectivity index (χ0) is 85.2. The molecule has 0 aliphatic heterocycles. The number of nitrogens with one attached hydrogen (secondary N) is 2. The molecule has 604 valence electrons. The Kier molecular flexibility index (Phi) is 35.6. The molecular weight excluding hydrogens is 1520 g/mol. The molecule has 0 bridgehead atoms. The molecule has 1 amide bonds. The Morgan fingerprint density at radius 1 is 0.440 bits per heavy atom. The van der Waals surface area contributed by atoms with Gasteiger partial charge in [0.15, 0.2) is 23.1 Å². The largest absolute Gasteiger partial charge is 0.478 e. The first-order chi connectivity index (χ1) is 55.1. The van der Waals surface area contributed by atoms with Crippen molar-refractivity contribution in [1.82, 2.24) is 9.03 Å². The second-order valence-electron chi connectivity index (χ2n) is 26.6. The standard InChI is InChI=1S/C19H20O3.C18H19NO5S.C18H17NO4.C17H18N2O3.C17H17NO5S/c1-3-13(2)15-10-8-14(9-11-15)12-18(20)16-6-4-5-7-17(16)19(21)22;1-19(25(2,23)24)12-14-7-5-6-13(10-14)11-17(20)15-8-3-4-9-16(15)18(21)22;1-12(19-23-2)14-7-5-6-13(10-14)11-17(20)15-8-3-4-9-16(15)18(21)22;18-11-3-4-12-7-9-13(10-8-12)19-16(20)14-5-1-2-6-15(14)17(21)22;1-24(22,23)18-11-13-6-4-5-12(9-13)10-16(19)14-7-2-3-8-15(14)17(20)21/h4-11,13H,3,12H2,1-2H3,(H,21,22);3-10H,11-12H2,1-2H3,(H,21,22);3-10H,11H2,1-2H3,(H,21,22);1-2,5-10H,3-4,11,18H2,(H,19,20)(H,21,22);2-9,18H,10-11H2,1H3,(H,20,21). The van der Waals surface area contributed by atoms with Crippen LogP contribution in [0.2, 0.25) is 0 Å². The lowest BCUT2D eigenvalue weighted by Gasteiger charge is -2.14. The van der Waals surface area contributed by atoms with Gasteiger partial charge >= 0.3 is 29.8 Å². The van der Waals surface area contributed by atoms with Gasteiger partial charge in [-0.25, -0.2) is 49.8 Å². The molecule has 0 saturated heterocycles. The van der Waals surface area contributed by atoms with Gasteiger partial charge in [0.25, 0.3) is 5.91 Å². The van der Waals surface area contributed by atoms with Crippen LogP contribution in [0.4, 0.5) is 5.69 Å². The van der Waals surface area contributed by atoms with Gasteiger partial charge in [-0.2, -0.15) is 0 Å². The van der Waals surface area contributed by atoms with E-state index in [1.807, 2.05) is 67.6 Å². The SMILES string of the molecule is CCC(C)c1ccc(CC(=O)c2ccccc2C(=O)O)cc1.CN(Cc1cccc(CC(=O)c2ccccc2C(=O)O)c1)S(C)(=O)=O.CON=C(C)c1cccc(CC(=O)c2ccccc2C(=O)O)c1.CS(=O)(=O)NCc1cccc(CC(=O)c2ccccc2C(=O)O)c1.NCCCc1ccc(NC(=O)c2ccccc2C(=O)O)cc1. The van der Waals surface area contributed by atoms with Crippen LogP contribution in [0.15, 0.2) is 248 Å². The Bertz CT molecular complexity index is 5440. The van der Waals surface area contributed by atoms with Gasteiger partial charge in [0, 0.05) is 73.8 Å². The second kappa shape index (κ2) is 45.0. The monoisotopic (exact) mass is 1610 g/mol. The molecule has 1 unspecified atom stereocenters. The van der Waals surface area contributed by atoms with Crippen LogP contribution in [-0.4, -0.2) is 144 Å². The van der Waals surface area contributed by atoms with E-state index in [0.29, 0.717) is 35.0 Å². The van der Waals surface area contributed by atoms with Crippen LogP contribution in [0.5, 0.6) is 0 Å². The van der Waals surface area contributed by atoms with Crippen molar-refractivity contribution < 1.29 is 95.2 Å². The zero-order valence-corrected chi connectivity index (χ0v) is 66.5. The number of anilines is 1. The Hall–Kier alpha value is -13.1. The smallest absolute Gasteiger partial charge is 0.336 e. The van der Waals surface area contributed by atoms with Crippen molar-refractivity contribution >= 4 is 90.3 Å². The molecule has 9 N–H and O–H groups in total. The maximum Gasteiger partial charge on any atom is 0.336 e. The van der Waals surface area contributed by atoms with Crippen molar-refractivity contribution in [3.8, 4) is 0 Å². The van der Waals surface area contributed by atoms with Crippen molar-refractivity contribution in [3.63, 3.8) is 0 Å². The van der Waals surface area contributed by atoms with Crippen molar-refractivity contribution in [2.75, 3.05) is 38.5 Å². The normalized spacial score (nSPS) is 11.2. The molecule has 10 aromatic carbocycles. The molecule has 0 saturated carbocycles. The molecule has 27 heteroatoms. The summed E-state index contributed by atoms with van der Waals surface area (Å²) in [6.45, 7) is 7.10. The maximum absolute atomic E-state index is 12.5. The highest BCUT2D eigenvalue weighted by Gasteiger charge is 2.22. The van der Waals surface area contributed by atoms with Crippen LogP contribution in [-0.2, 0) is 70.1 Å². The quantitative estimate of drug-likeness (QED) is 0.0110. The number of ketones is 4.